The number of carbonyl (C=O) groups excluding carboxylic acids is 1. The fraction of sp³-hybridized carbons (Fsp3) is 0.500. The Morgan fingerprint density at radius 2 is 2.10 bits per heavy atom. The van der Waals surface area contributed by atoms with E-state index in [9.17, 15) is 4.79 Å². The lowest BCUT2D eigenvalue weighted by Gasteiger charge is -2.27. The SMILES string of the molecule is CC(C)C1CCCN1C(=O)Cc1ccc(C(N)=NO)cc1. The summed E-state index contributed by atoms with van der Waals surface area (Å²) in [5, 5.41) is 11.6. The van der Waals surface area contributed by atoms with Crippen LogP contribution in [0.1, 0.15) is 37.8 Å². The molecule has 0 radical (unpaired) electrons. The summed E-state index contributed by atoms with van der Waals surface area (Å²) in [6, 6.07) is 7.61. The Hall–Kier alpha value is -2.04. The molecule has 0 aliphatic carbocycles. The molecular formula is C16H23N3O2. The lowest BCUT2D eigenvalue weighted by atomic mass is 10.0. The third-order valence-corrected chi connectivity index (χ3v) is 4.10. The molecule has 1 aliphatic rings. The first-order chi connectivity index (χ1) is 10.0. The molecule has 3 N–H and O–H groups in total. The van der Waals surface area contributed by atoms with Crippen LogP contribution >= 0.6 is 0 Å². The second kappa shape index (κ2) is 6.61. The largest absolute Gasteiger partial charge is 0.409 e. The zero-order valence-electron chi connectivity index (χ0n) is 12.6. The minimum Gasteiger partial charge on any atom is -0.409 e. The Morgan fingerprint density at radius 3 is 2.67 bits per heavy atom. The van der Waals surface area contributed by atoms with Gasteiger partial charge in [0, 0.05) is 18.2 Å². The molecule has 1 aliphatic heterocycles. The monoisotopic (exact) mass is 289 g/mol. The normalized spacial score (nSPS) is 19.3. The number of amides is 1. The summed E-state index contributed by atoms with van der Waals surface area (Å²) in [5.41, 5.74) is 7.12. The highest BCUT2D eigenvalue weighted by atomic mass is 16.4. The average molecular weight is 289 g/mol. The van der Waals surface area contributed by atoms with Crippen LogP contribution in [0.2, 0.25) is 0 Å². The highest BCUT2D eigenvalue weighted by molar-refractivity contribution is 5.97. The van der Waals surface area contributed by atoms with Crippen molar-refractivity contribution in [2.24, 2.45) is 16.8 Å². The van der Waals surface area contributed by atoms with Crippen molar-refractivity contribution in [3.63, 3.8) is 0 Å². The predicted octanol–water partition coefficient (Wildman–Crippen LogP) is 1.97. The summed E-state index contributed by atoms with van der Waals surface area (Å²) in [5.74, 6) is 0.759. The molecule has 5 nitrogen and oxygen atoms in total. The van der Waals surface area contributed by atoms with E-state index in [1.54, 1.807) is 12.1 Å². The van der Waals surface area contributed by atoms with Crippen molar-refractivity contribution >= 4 is 11.7 Å². The summed E-state index contributed by atoms with van der Waals surface area (Å²) in [4.78, 5) is 14.5. The molecule has 114 valence electrons. The average Bonchev–Trinajstić information content (AvgIpc) is 2.97. The molecule has 2 rings (SSSR count). The molecule has 0 saturated carbocycles. The lowest BCUT2D eigenvalue weighted by molar-refractivity contribution is -0.132. The molecule has 1 fully saturated rings. The van der Waals surface area contributed by atoms with Crippen LogP contribution in [0.3, 0.4) is 0 Å². The Bertz CT molecular complexity index is 523. The maximum absolute atomic E-state index is 12.4. The van der Waals surface area contributed by atoms with Crippen LogP contribution < -0.4 is 5.73 Å². The summed E-state index contributed by atoms with van der Waals surface area (Å²) < 4.78 is 0. The van der Waals surface area contributed by atoms with E-state index in [0.717, 1.165) is 24.9 Å². The number of hydrogen-bond acceptors (Lipinski definition) is 3. The molecule has 1 aromatic rings. The van der Waals surface area contributed by atoms with E-state index in [4.69, 9.17) is 10.9 Å². The summed E-state index contributed by atoms with van der Waals surface area (Å²) in [7, 11) is 0. The van der Waals surface area contributed by atoms with Gasteiger partial charge in [0.05, 0.1) is 6.42 Å². The second-order valence-corrected chi connectivity index (χ2v) is 5.90. The minimum atomic E-state index is 0.0762. The first-order valence-electron chi connectivity index (χ1n) is 7.39. The Balaban J connectivity index is 2.03. The van der Waals surface area contributed by atoms with Crippen molar-refractivity contribution in [3.05, 3.63) is 35.4 Å². The van der Waals surface area contributed by atoms with Gasteiger partial charge in [0.2, 0.25) is 5.91 Å². The van der Waals surface area contributed by atoms with Crippen LogP contribution in [0.4, 0.5) is 0 Å². The van der Waals surface area contributed by atoms with Crippen LogP contribution in [0, 0.1) is 5.92 Å². The highest BCUT2D eigenvalue weighted by Gasteiger charge is 2.30. The summed E-state index contributed by atoms with van der Waals surface area (Å²) >= 11 is 0. The predicted molar refractivity (Wildman–Crippen MR) is 82.2 cm³/mol. The fourth-order valence-corrected chi connectivity index (χ4v) is 2.92. The molecule has 1 aromatic carbocycles. The first-order valence-corrected chi connectivity index (χ1v) is 7.39. The van der Waals surface area contributed by atoms with Gasteiger partial charge in [0.25, 0.3) is 0 Å². The van der Waals surface area contributed by atoms with Crippen molar-refractivity contribution < 1.29 is 10.0 Å². The molecule has 0 aromatic heterocycles. The van der Waals surface area contributed by atoms with Crippen molar-refractivity contribution in [2.45, 2.75) is 39.2 Å². The van der Waals surface area contributed by atoms with Gasteiger partial charge in [-0.1, -0.05) is 43.3 Å². The number of hydrogen-bond donors (Lipinski definition) is 2. The second-order valence-electron chi connectivity index (χ2n) is 5.90. The molecule has 1 saturated heterocycles. The Kier molecular flexibility index (Phi) is 4.83. The molecule has 1 atom stereocenters. The number of amidine groups is 1. The van der Waals surface area contributed by atoms with E-state index in [0.29, 0.717) is 23.9 Å². The number of carbonyl (C=O) groups is 1. The standard InChI is InChI=1S/C16H23N3O2/c1-11(2)14-4-3-9-19(14)15(20)10-12-5-7-13(8-6-12)16(17)18-21/h5-8,11,14,21H,3-4,9-10H2,1-2H3,(H2,17,18). The van der Waals surface area contributed by atoms with Crippen LogP contribution in [-0.4, -0.2) is 34.4 Å². The minimum absolute atomic E-state index is 0.0762. The molecule has 21 heavy (non-hydrogen) atoms. The van der Waals surface area contributed by atoms with Crippen molar-refractivity contribution in [1.82, 2.24) is 4.90 Å². The van der Waals surface area contributed by atoms with E-state index < -0.39 is 0 Å². The lowest BCUT2D eigenvalue weighted by Crippen LogP contribution is -2.39. The van der Waals surface area contributed by atoms with Gasteiger partial charge in [-0.15, -0.1) is 0 Å². The molecule has 5 heteroatoms. The van der Waals surface area contributed by atoms with Gasteiger partial charge in [0.1, 0.15) is 0 Å². The topological polar surface area (TPSA) is 78.9 Å². The summed E-state index contributed by atoms with van der Waals surface area (Å²) in [6.07, 6.45) is 2.60. The van der Waals surface area contributed by atoms with Gasteiger partial charge >= 0.3 is 0 Å². The van der Waals surface area contributed by atoms with Crippen molar-refractivity contribution in [1.29, 1.82) is 0 Å². The number of nitrogens with zero attached hydrogens (tertiary/aromatic N) is 2. The van der Waals surface area contributed by atoms with E-state index in [1.165, 1.54) is 0 Å². The van der Waals surface area contributed by atoms with Gasteiger partial charge in [0.15, 0.2) is 5.84 Å². The van der Waals surface area contributed by atoms with Crippen molar-refractivity contribution in [3.8, 4) is 0 Å². The molecule has 0 spiro atoms. The van der Waals surface area contributed by atoms with Crippen LogP contribution in [0.15, 0.2) is 29.4 Å². The Morgan fingerprint density at radius 1 is 1.43 bits per heavy atom. The smallest absolute Gasteiger partial charge is 0.227 e. The van der Waals surface area contributed by atoms with Gasteiger partial charge in [-0.2, -0.15) is 0 Å². The number of benzene rings is 1. The molecule has 1 unspecified atom stereocenters. The van der Waals surface area contributed by atoms with Gasteiger partial charge in [-0.05, 0) is 24.3 Å². The van der Waals surface area contributed by atoms with Crippen LogP contribution in [-0.2, 0) is 11.2 Å². The van der Waals surface area contributed by atoms with Gasteiger partial charge < -0.3 is 15.8 Å². The number of oxime groups is 1. The van der Waals surface area contributed by atoms with Gasteiger partial charge in [-0.25, -0.2) is 0 Å². The van der Waals surface area contributed by atoms with E-state index in [1.807, 2.05) is 17.0 Å². The van der Waals surface area contributed by atoms with E-state index in [-0.39, 0.29) is 11.7 Å². The number of likely N-dealkylation sites (tertiary alicyclic amines) is 1. The molecule has 1 amide bonds. The first kappa shape index (κ1) is 15.4. The highest BCUT2D eigenvalue weighted by Crippen LogP contribution is 2.24. The van der Waals surface area contributed by atoms with E-state index >= 15 is 0 Å². The van der Waals surface area contributed by atoms with Crippen molar-refractivity contribution in [2.75, 3.05) is 6.54 Å². The molecule has 1 heterocycles. The van der Waals surface area contributed by atoms with Crippen LogP contribution in [0.5, 0.6) is 0 Å². The number of rotatable bonds is 4. The summed E-state index contributed by atoms with van der Waals surface area (Å²) in [6.45, 7) is 5.20. The van der Waals surface area contributed by atoms with Gasteiger partial charge in [-0.3, -0.25) is 4.79 Å². The van der Waals surface area contributed by atoms with E-state index in [2.05, 4.69) is 19.0 Å². The third-order valence-electron chi connectivity index (χ3n) is 4.10. The fourth-order valence-electron chi connectivity index (χ4n) is 2.92. The number of nitrogens with two attached hydrogens (primary N) is 1. The zero-order valence-corrected chi connectivity index (χ0v) is 12.6. The van der Waals surface area contributed by atoms with Crippen LogP contribution in [0.25, 0.3) is 0 Å². The maximum atomic E-state index is 12.4. The molecule has 0 bridgehead atoms. The molecular weight excluding hydrogens is 266 g/mol. The quantitative estimate of drug-likeness (QED) is 0.385. The zero-order chi connectivity index (χ0) is 15.4. The maximum Gasteiger partial charge on any atom is 0.227 e. The Labute approximate surface area is 125 Å². The third kappa shape index (κ3) is 3.54.